The number of anilines is 1. The van der Waals surface area contributed by atoms with Crippen LogP contribution in [0.1, 0.15) is 21.5 Å². The second kappa shape index (κ2) is 6.67. The summed E-state index contributed by atoms with van der Waals surface area (Å²) in [6.45, 7) is 3.73. The molecule has 0 saturated heterocycles. The van der Waals surface area contributed by atoms with Gasteiger partial charge < -0.3 is 5.32 Å². The van der Waals surface area contributed by atoms with Gasteiger partial charge in [0.05, 0.1) is 4.92 Å². The van der Waals surface area contributed by atoms with Crippen LogP contribution < -0.4 is 5.32 Å². The van der Waals surface area contributed by atoms with Gasteiger partial charge in [0, 0.05) is 35.7 Å². The van der Waals surface area contributed by atoms with E-state index in [2.05, 4.69) is 5.32 Å². The third-order valence-corrected chi connectivity index (χ3v) is 3.23. The van der Waals surface area contributed by atoms with Crippen molar-refractivity contribution in [2.24, 2.45) is 0 Å². The fourth-order valence-electron chi connectivity index (χ4n) is 1.94. The fraction of sp³-hybridized carbons (Fsp3) is 0.118. The van der Waals surface area contributed by atoms with Gasteiger partial charge in [-0.05, 0) is 25.5 Å². The molecule has 112 valence electrons. The first-order chi connectivity index (χ1) is 10.5. The van der Waals surface area contributed by atoms with Crippen molar-refractivity contribution in [1.29, 1.82) is 0 Å². The number of non-ortho nitro benzene ring substituents is 1. The number of carbonyl (C=O) groups is 1. The van der Waals surface area contributed by atoms with Gasteiger partial charge in [0.15, 0.2) is 5.78 Å². The van der Waals surface area contributed by atoms with E-state index in [-0.39, 0.29) is 11.5 Å². The summed E-state index contributed by atoms with van der Waals surface area (Å²) in [7, 11) is 0. The van der Waals surface area contributed by atoms with E-state index >= 15 is 0 Å². The summed E-state index contributed by atoms with van der Waals surface area (Å²) in [4.78, 5) is 22.2. The van der Waals surface area contributed by atoms with Crippen LogP contribution in [-0.4, -0.2) is 10.7 Å². The third kappa shape index (κ3) is 3.79. The number of nitro benzene ring substituents is 1. The molecule has 0 unspecified atom stereocenters. The number of hydrogen-bond donors (Lipinski definition) is 1. The largest absolute Gasteiger partial charge is 0.361 e. The Labute approximate surface area is 128 Å². The number of nitrogens with one attached hydrogen (secondary N) is 1. The molecule has 1 N–H and O–H groups in total. The molecule has 0 aromatic heterocycles. The van der Waals surface area contributed by atoms with Crippen molar-refractivity contribution in [3.63, 3.8) is 0 Å². The van der Waals surface area contributed by atoms with E-state index in [9.17, 15) is 14.9 Å². The van der Waals surface area contributed by atoms with Crippen molar-refractivity contribution in [2.75, 3.05) is 5.32 Å². The highest BCUT2D eigenvalue weighted by Gasteiger charge is 2.07. The van der Waals surface area contributed by atoms with E-state index in [1.54, 1.807) is 25.1 Å². The number of carbonyl (C=O) groups excluding carboxylic acids is 1. The highest BCUT2D eigenvalue weighted by molar-refractivity contribution is 6.04. The zero-order chi connectivity index (χ0) is 16.1. The lowest BCUT2D eigenvalue weighted by Crippen LogP contribution is -1.97. The standard InChI is InChI=1S/C17H16N2O3/c1-12-3-5-14(6-4-12)17(20)9-10-18-16-8-7-15(19(21)22)11-13(16)2/h3-11,18H,1-2H3. The highest BCUT2D eigenvalue weighted by atomic mass is 16.6. The molecule has 22 heavy (non-hydrogen) atoms. The van der Waals surface area contributed by atoms with Crippen LogP contribution >= 0.6 is 0 Å². The molecule has 0 spiro atoms. The Hall–Kier alpha value is -2.95. The minimum atomic E-state index is -0.437. The van der Waals surface area contributed by atoms with Gasteiger partial charge in [-0.15, -0.1) is 0 Å². The molecule has 0 fully saturated rings. The van der Waals surface area contributed by atoms with E-state index in [0.717, 1.165) is 16.8 Å². The number of rotatable bonds is 5. The van der Waals surface area contributed by atoms with E-state index < -0.39 is 4.92 Å². The predicted molar refractivity (Wildman–Crippen MR) is 86.1 cm³/mol. The molecule has 0 radical (unpaired) electrons. The molecule has 0 aliphatic heterocycles. The highest BCUT2D eigenvalue weighted by Crippen LogP contribution is 2.21. The van der Waals surface area contributed by atoms with E-state index in [0.29, 0.717) is 5.56 Å². The topological polar surface area (TPSA) is 72.2 Å². The molecule has 0 aliphatic carbocycles. The molecule has 0 amide bonds. The summed E-state index contributed by atoms with van der Waals surface area (Å²) in [6.07, 6.45) is 2.97. The lowest BCUT2D eigenvalue weighted by atomic mass is 10.1. The lowest BCUT2D eigenvalue weighted by Gasteiger charge is -2.04. The molecule has 0 aliphatic rings. The summed E-state index contributed by atoms with van der Waals surface area (Å²) in [5.74, 6) is -0.105. The summed E-state index contributed by atoms with van der Waals surface area (Å²) in [6, 6.07) is 11.8. The number of hydrogen-bond acceptors (Lipinski definition) is 4. The molecule has 2 aromatic carbocycles. The second-order valence-corrected chi connectivity index (χ2v) is 4.96. The Morgan fingerprint density at radius 3 is 2.41 bits per heavy atom. The SMILES string of the molecule is Cc1ccc(C(=O)C=CNc2ccc([N+](=O)[O-])cc2C)cc1. The van der Waals surface area contributed by atoms with Gasteiger partial charge in [-0.3, -0.25) is 14.9 Å². The van der Waals surface area contributed by atoms with Crippen LogP contribution in [0.15, 0.2) is 54.7 Å². The minimum Gasteiger partial charge on any atom is -0.361 e. The Morgan fingerprint density at radius 2 is 1.82 bits per heavy atom. The molecule has 0 heterocycles. The van der Waals surface area contributed by atoms with Crippen LogP contribution in [0.4, 0.5) is 11.4 Å². The van der Waals surface area contributed by atoms with Crippen LogP contribution in [0, 0.1) is 24.0 Å². The first-order valence-corrected chi connectivity index (χ1v) is 6.76. The van der Waals surface area contributed by atoms with Crippen molar-refractivity contribution in [3.05, 3.63) is 81.5 Å². The van der Waals surface area contributed by atoms with Gasteiger partial charge in [0.25, 0.3) is 5.69 Å². The van der Waals surface area contributed by atoms with Crippen molar-refractivity contribution >= 4 is 17.2 Å². The smallest absolute Gasteiger partial charge is 0.269 e. The lowest BCUT2D eigenvalue weighted by molar-refractivity contribution is -0.384. The maximum absolute atomic E-state index is 12.0. The summed E-state index contributed by atoms with van der Waals surface area (Å²) < 4.78 is 0. The molecule has 0 atom stereocenters. The second-order valence-electron chi connectivity index (χ2n) is 4.96. The zero-order valence-corrected chi connectivity index (χ0v) is 12.4. The molecule has 2 aromatic rings. The van der Waals surface area contributed by atoms with Crippen molar-refractivity contribution < 1.29 is 9.72 Å². The van der Waals surface area contributed by atoms with Crippen LogP contribution in [-0.2, 0) is 0 Å². The van der Waals surface area contributed by atoms with Crippen LogP contribution in [0.3, 0.4) is 0 Å². The molecular formula is C17H16N2O3. The number of aryl methyl sites for hydroxylation is 2. The van der Waals surface area contributed by atoms with E-state index in [4.69, 9.17) is 0 Å². The summed E-state index contributed by atoms with van der Waals surface area (Å²) >= 11 is 0. The summed E-state index contributed by atoms with van der Waals surface area (Å²) in [5.41, 5.74) is 3.21. The monoisotopic (exact) mass is 296 g/mol. The van der Waals surface area contributed by atoms with Crippen molar-refractivity contribution in [2.45, 2.75) is 13.8 Å². The van der Waals surface area contributed by atoms with Gasteiger partial charge in [-0.2, -0.15) is 0 Å². The molecular weight excluding hydrogens is 280 g/mol. The predicted octanol–water partition coefficient (Wildman–Crippen LogP) is 4.02. The molecule has 0 bridgehead atoms. The Balaban J connectivity index is 2.04. The number of ketones is 1. The molecule has 2 rings (SSSR count). The van der Waals surface area contributed by atoms with Gasteiger partial charge in [0.2, 0.25) is 0 Å². The van der Waals surface area contributed by atoms with Gasteiger partial charge in [-0.25, -0.2) is 0 Å². The normalized spacial score (nSPS) is 10.6. The maximum Gasteiger partial charge on any atom is 0.269 e. The Morgan fingerprint density at radius 1 is 1.14 bits per heavy atom. The molecule has 5 heteroatoms. The average Bonchev–Trinajstić information content (AvgIpc) is 2.49. The van der Waals surface area contributed by atoms with Crippen LogP contribution in [0.2, 0.25) is 0 Å². The van der Waals surface area contributed by atoms with Gasteiger partial charge in [0.1, 0.15) is 0 Å². The zero-order valence-electron chi connectivity index (χ0n) is 12.4. The van der Waals surface area contributed by atoms with Crippen LogP contribution in [0.25, 0.3) is 0 Å². The van der Waals surface area contributed by atoms with Gasteiger partial charge in [-0.1, -0.05) is 29.8 Å². The van der Waals surface area contributed by atoms with Gasteiger partial charge >= 0.3 is 0 Å². The first-order valence-electron chi connectivity index (χ1n) is 6.76. The van der Waals surface area contributed by atoms with E-state index in [1.807, 2.05) is 19.1 Å². The maximum atomic E-state index is 12.0. The Kier molecular flexibility index (Phi) is 4.68. The van der Waals surface area contributed by atoms with Crippen molar-refractivity contribution in [3.8, 4) is 0 Å². The van der Waals surface area contributed by atoms with Crippen molar-refractivity contribution in [1.82, 2.24) is 0 Å². The minimum absolute atomic E-state index is 0.0442. The first kappa shape index (κ1) is 15.4. The number of nitrogens with zero attached hydrogens (tertiary/aromatic N) is 1. The fourth-order valence-corrected chi connectivity index (χ4v) is 1.94. The van der Waals surface area contributed by atoms with E-state index in [1.165, 1.54) is 24.4 Å². The number of allylic oxidation sites excluding steroid dienone is 1. The number of nitro groups is 1. The number of benzene rings is 2. The Bertz CT molecular complexity index is 734. The van der Waals surface area contributed by atoms with Crippen LogP contribution in [0.5, 0.6) is 0 Å². The summed E-state index contributed by atoms with van der Waals surface area (Å²) in [5, 5.41) is 13.6. The average molecular weight is 296 g/mol. The molecule has 0 saturated carbocycles. The molecule has 5 nitrogen and oxygen atoms in total. The quantitative estimate of drug-likeness (QED) is 0.391. The third-order valence-electron chi connectivity index (χ3n) is 3.23.